The van der Waals surface area contributed by atoms with E-state index in [0.717, 1.165) is 45.7 Å². The van der Waals surface area contributed by atoms with Gasteiger partial charge in [-0.3, -0.25) is 9.78 Å². The van der Waals surface area contributed by atoms with Crippen molar-refractivity contribution < 1.29 is 13.2 Å². The molecule has 0 aliphatic heterocycles. The summed E-state index contributed by atoms with van der Waals surface area (Å²) in [5, 5.41) is 5.91. The summed E-state index contributed by atoms with van der Waals surface area (Å²) in [4.78, 5) is 21.4. The molecule has 1 aliphatic carbocycles. The quantitative estimate of drug-likeness (QED) is 0.176. The molecule has 7 nitrogen and oxygen atoms in total. The van der Waals surface area contributed by atoms with Crippen molar-refractivity contribution in [1.82, 2.24) is 19.6 Å². The standard InChI is InChI=1S/C35H34N4O3S2/c40-34(38-32-6-2-1-3-7-32)30-14-12-29(13-15-30)28-10-8-26(9-11-28)24-39(25-27-5-4-20-36-23-27)44(41,42)33-18-16-31(17-19-33)35-37-21-22-43-35/h4-5,8-23,32H,1-3,6-7,24-25H2,(H,38,40). The number of benzene rings is 3. The summed E-state index contributed by atoms with van der Waals surface area (Å²) in [6.07, 6.45) is 10.8. The highest BCUT2D eigenvalue weighted by Gasteiger charge is 2.25. The zero-order chi connectivity index (χ0) is 30.4. The maximum absolute atomic E-state index is 13.9. The summed E-state index contributed by atoms with van der Waals surface area (Å²) in [7, 11) is -3.82. The third-order valence-corrected chi connectivity index (χ3v) is 10.6. The van der Waals surface area contributed by atoms with Gasteiger partial charge < -0.3 is 5.32 Å². The maximum atomic E-state index is 13.9. The SMILES string of the molecule is O=C(NC1CCCCC1)c1ccc(-c2ccc(CN(Cc3cccnc3)S(=O)(=O)c3ccc(-c4nccs4)cc3)cc2)cc1. The Kier molecular flexibility index (Phi) is 9.26. The average Bonchev–Trinajstić information content (AvgIpc) is 3.61. The molecular formula is C35H34N4O3S2. The van der Waals surface area contributed by atoms with Crippen LogP contribution in [0.1, 0.15) is 53.6 Å². The van der Waals surface area contributed by atoms with Gasteiger partial charge in [-0.1, -0.05) is 73.9 Å². The molecule has 3 aromatic carbocycles. The summed E-state index contributed by atoms with van der Waals surface area (Å²) < 4.78 is 29.3. The highest BCUT2D eigenvalue weighted by atomic mass is 32.2. The first kappa shape index (κ1) is 29.9. The van der Waals surface area contributed by atoms with Gasteiger partial charge in [-0.05, 0) is 65.4 Å². The van der Waals surface area contributed by atoms with E-state index in [9.17, 15) is 13.2 Å². The van der Waals surface area contributed by atoms with Crippen LogP contribution in [0.3, 0.4) is 0 Å². The van der Waals surface area contributed by atoms with E-state index in [0.29, 0.717) is 5.56 Å². The van der Waals surface area contributed by atoms with E-state index in [1.165, 1.54) is 34.9 Å². The summed E-state index contributed by atoms with van der Waals surface area (Å²) in [6.45, 7) is 0.391. The Hall–Kier alpha value is -4.18. The van der Waals surface area contributed by atoms with Gasteiger partial charge in [-0.15, -0.1) is 11.3 Å². The summed E-state index contributed by atoms with van der Waals surface area (Å²) in [5.74, 6) is -0.0217. The summed E-state index contributed by atoms with van der Waals surface area (Å²) in [5.41, 5.74) is 5.19. The fourth-order valence-corrected chi connectivity index (χ4v) is 7.60. The second-order valence-electron chi connectivity index (χ2n) is 11.1. The van der Waals surface area contributed by atoms with Gasteiger partial charge in [0.2, 0.25) is 10.0 Å². The number of nitrogens with zero attached hydrogens (tertiary/aromatic N) is 3. The van der Waals surface area contributed by atoms with E-state index in [4.69, 9.17) is 0 Å². The Labute approximate surface area is 262 Å². The van der Waals surface area contributed by atoms with E-state index in [1.54, 1.807) is 42.9 Å². The number of pyridine rings is 1. The van der Waals surface area contributed by atoms with Crippen molar-refractivity contribution in [1.29, 1.82) is 0 Å². The van der Waals surface area contributed by atoms with Crippen LogP contribution in [0.2, 0.25) is 0 Å². The van der Waals surface area contributed by atoms with E-state index in [2.05, 4.69) is 15.3 Å². The third kappa shape index (κ3) is 7.13. The topological polar surface area (TPSA) is 92.3 Å². The lowest BCUT2D eigenvalue weighted by Gasteiger charge is -2.23. The van der Waals surface area contributed by atoms with Crippen molar-refractivity contribution in [2.75, 3.05) is 0 Å². The van der Waals surface area contributed by atoms with Gasteiger partial charge in [0, 0.05) is 54.2 Å². The van der Waals surface area contributed by atoms with Gasteiger partial charge >= 0.3 is 0 Å². The molecule has 1 saturated carbocycles. The van der Waals surface area contributed by atoms with Gasteiger partial charge in [-0.2, -0.15) is 4.31 Å². The van der Waals surface area contributed by atoms with Crippen LogP contribution >= 0.6 is 11.3 Å². The van der Waals surface area contributed by atoms with Gasteiger partial charge in [-0.25, -0.2) is 13.4 Å². The molecule has 5 aromatic rings. The molecule has 0 radical (unpaired) electrons. The Morgan fingerprint density at radius 3 is 2.09 bits per heavy atom. The van der Waals surface area contributed by atoms with E-state index in [1.807, 2.05) is 66.0 Å². The highest BCUT2D eigenvalue weighted by Crippen LogP contribution is 2.27. The number of carbonyl (C=O) groups excluding carboxylic acids is 1. The Morgan fingerprint density at radius 1 is 0.795 bits per heavy atom. The van der Waals surface area contributed by atoms with Crippen LogP contribution in [0.15, 0.2) is 114 Å². The largest absolute Gasteiger partial charge is 0.349 e. The Bertz CT molecular complexity index is 1770. The molecule has 0 unspecified atom stereocenters. The smallest absolute Gasteiger partial charge is 0.251 e. The average molecular weight is 623 g/mol. The molecule has 1 amide bonds. The van der Waals surface area contributed by atoms with E-state index in [-0.39, 0.29) is 29.9 Å². The Morgan fingerprint density at radius 2 is 1.45 bits per heavy atom. The number of rotatable bonds is 10. The van der Waals surface area contributed by atoms with Crippen molar-refractivity contribution in [2.45, 2.75) is 56.1 Å². The van der Waals surface area contributed by atoms with E-state index < -0.39 is 10.0 Å². The molecule has 1 N–H and O–H groups in total. The summed E-state index contributed by atoms with van der Waals surface area (Å²) >= 11 is 1.51. The molecule has 2 aromatic heterocycles. The first-order chi connectivity index (χ1) is 21.5. The molecule has 2 heterocycles. The first-order valence-electron chi connectivity index (χ1n) is 14.8. The van der Waals surface area contributed by atoms with Gasteiger partial charge in [0.1, 0.15) is 5.01 Å². The number of carbonyl (C=O) groups is 1. The number of hydrogen-bond donors (Lipinski definition) is 1. The van der Waals surface area contributed by atoms with Crippen molar-refractivity contribution in [3.05, 3.63) is 126 Å². The molecule has 0 bridgehead atoms. The number of sulfonamides is 1. The highest BCUT2D eigenvalue weighted by molar-refractivity contribution is 7.89. The minimum Gasteiger partial charge on any atom is -0.349 e. The molecular weight excluding hydrogens is 589 g/mol. The summed E-state index contributed by atoms with van der Waals surface area (Å²) in [6, 6.07) is 26.4. The lowest BCUT2D eigenvalue weighted by atomic mass is 9.95. The lowest BCUT2D eigenvalue weighted by molar-refractivity contribution is 0.0927. The van der Waals surface area contributed by atoms with Crippen molar-refractivity contribution >= 4 is 27.3 Å². The van der Waals surface area contributed by atoms with Crippen LogP contribution in [-0.4, -0.2) is 34.6 Å². The zero-order valence-corrected chi connectivity index (χ0v) is 25.9. The van der Waals surface area contributed by atoms with E-state index >= 15 is 0 Å². The van der Waals surface area contributed by atoms with Gasteiger partial charge in [0.05, 0.1) is 4.90 Å². The molecule has 1 fully saturated rings. The monoisotopic (exact) mass is 622 g/mol. The van der Waals surface area contributed by atoms with Crippen LogP contribution in [0.25, 0.3) is 21.7 Å². The van der Waals surface area contributed by atoms with Crippen molar-refractivity contribution in [2.24, 2.45) is 0 Å². The fraction of sp³-hybridized carbons (Fsp3) is 0.229. The number of thiazole rings is 1. The molecule has 9 heteroatoms. The molecule has 224 valence electrons. The molecule has 6 rings (SSSR count). The van der Waals surface area contributed by atoms with Gasteiger partial charge in [0.25, 0.3) is 5.91 Å². The predicted octanol–water partition coefficient (Wildman–Crippen LogP) is 7.33. The van der Waals surface area contributed by atoms with Crippen LogP contribution in [0.5, 0.6) is 0 Å². The molecule has 1 aliphatic rings. The lowest BCUT2D eigenvalue weighted by Crippen LogP contribution is -2.36. The number of amides is 1. The second-order valence-corrected chi connectivity index (χ2v) is 13.9. The minimum atomic E-state index is -3.82. The second kappa shape index (κ2) is 13.6. The number of hydrogen-bond acceptors (Lipinski definition) is 6. The minimum absolute atomic E-state index is 0.0217. The first-order valence-corrected chi connectivity index (χ1v) is 17.2. The molecule has 0 saturated heterocycles. The van der Waals surface area contributed by atoms with Crippen molar-refractivity contribution in [3.8, 4) is 21.7 Å². The van der Waals surface area contributed by atoms with Crippen LogP contribution < -0.4 is 5.32 Å². The Balaban J connectivity index is 1.18. The normalized spacial score (nSPS) is 14.0. The molecule has 0 spiro atoms. The predicted molar refractivity (Wildman–Crippen MR) is 174 cm³/mol. The fourth-order valence-electron chi connectivity index (χ4n) is 5.54. The van der Waals surface area contributed by atoms with Crippen LogP contribution in [0.4, 0.5) is 0 Å². The van der Waals surface area contributed by atoms with Crippen LogP contribution in [-0.2, 0) is 23.1 Å². The van der Waals surface area contributed by atoms with Gasteiger partial charge in [0.15, 0.2) is 0 Å². The zero-order valence-electron chi connectivity index (χ0n) is 24.3. The van der Waals surface area contributed by atoms with Crippen molar-refractivity contribution in [3.63, 3.8) is 0 Å². The number of aromatic nitrogens is 2. The molecule has 44 heavy (non-hydrogen) atoms. The van der Waals surface area contributed by atoms with Crippen LogP contribution in [0, 0.1) is 0 Å². The maximum Gasteiger partial charge on any atom is 0.251 e. The number of nitrogens with one attached hydrogen (secondary N) is 1. The third-order valence-electron chi connectivity index (χ3n) is 7.99. The molecule has 0 atom stereocenters.